The van der Waals surface area contributed by atoms with E-state index in [1.165, 1.54) is 19.2 Å². The van der Waals surface area contributed by atoms with Crippen LogP contribution in [0.25, 0.3) is 0 Å². The number of anilines is 1. The number of amides is 1. The van der Waals surface area contributed by atoms with Gasteiger partial charge in [-0.05, 0) is 61.0 Å². The van der Waals surface area contributed by atoms with Crippen molar-refractivity contribution in [1.82, 2.24) is 10.3 Å². The second-order valence-electron chi connectivity index (χ2n) is 6.46. The van der Waals surface area contributed by atoms with Crippen molar-refractivity contribution in [3.63, 3.8) is 0 Å². The summed E-state index contributed by atoms with van der Waals surface area (Å²) >= 11 is 5.97. The number of nitrogens with one attached hydrogen (secondary N) is 1. The van der Waals surface area contributed by atoms with Crippen LogP contribution in [-0.4, -0.2) is 26.4 Å². The molecule has 3 rings (SSSR count). The van der Waals surface area contributed by atoms with Gasteiger partial charge in [-0.15, -0.1) is 0 Å². The van der Waals surface area contributed by atoms with Gasteiger partial charge in [-0.3, -0.25) is 14.1 Å². The van der Waals surface area contributed by atoms with Gasteiger partial charge < -0.3 is 5.32 Å². The molecule has 0 saturated heterocycles. The zero-order valence-electron chi connectivity index (χ0n) is 15.9. The van der Waals surface area contributed by atoms with Crippen molar-refractivity contribution < 1.29 is 13.2 Å². The van der Waals surface area contributed by atoms with E-state index in [0.29, 0.717) is 10.7 Å². The van der Waals surface area contributed by atoms with E-state index in [0.717, 1.165) is 9.87 Å². The van der Waals surface area contributed by atoms with Crippen LogP contribution in [-0.2, 0) is 10.0 Å². The maximum absolute atomic E-state index is 13.0. The molecule has 29 heavy (non-hydrogen) atoms. The van der Waals surface area contributed by atoms with Crippen molar-refractivity contribution in [3.05, 3.63) is 89.2 Å². The minimum atomic E-state index is -3.86. The lowest BCUT2D eigenvalue weighted by atomic mass is 10.1. The van der Waals surface area contributed by atoms with E-state index in [-0.39, 0.29) is 22.4 Å². The van der Waals surface area contributed by atoms with E-state index in [2.05, 4.69) is 10.3 Å². The van der Waals surface area contributed by atoms with Gasteiger partial charge >= 0.3 is 0 Å². The third-order valence-electron chi connectivity index (χ3n) is 4.48. The maximum atomic E-state index is 13.0. The van der Waals surface area contributed by atoms with Crippen molar-refractivity contribution in [1.29, 1.82) is 0 Å². The number of aromatic nitrogens is 1. The van der Waals surface area contributed by atoms with Crippen LogP contribution in [0.1, 0.15) is 28.9 Å². The number of carbonyl (C=O) groups is 1. The van der Waals surface area contributed by atoms with E-state index in [1.807, 2.05) is 19.1 Å². The van der Waals surface area contributed by atoms with Crippen LogP contribution in [0.2, 0.25) is 5.02 Å². The zero-order valence-corrected chi connectivity index (χ0v) is 17.5. The zero-order chi connectivity index (χ0) is 21.0. The number of nitrogens with zero attached hydrogens (tertiary/aromatic N) is 2. The highest BCUT2D eigenvalue weighted by atomic mass is 35.5. The summed E-state index contributed by atoms with van der Waals surface area (Å²) in [7, 11) is -2.42. The minimum absolute atomic E-state index is 0.0178. The van der Waals surface area contributed by atoms with Crippen molar-refractivity contribution >= 4 is 33.2 Å². The van der Waals surface area contributed by atoms with Gasteiger partial charge in [0.2, 0.25) is 0 Å². The number of sulfonamides is 1. The van der Waals surface area contributed by atoms with Crippen molar-refractivity contribution in [3.8, 4) is 0 Å². The molecule has 2 aromatic carbocycles. The molecule has 150 valence electrons. The Balaban J connectivity index is 1.83. The summed E-state index contributed by atoms with van der Waals surface area (Å²) in [5.41, 5.74) is 1.59. The molecule has 0 saturated carbocycles. The van der Waals surface area contributed by atoms with E-state index in [9.17, 15) is 13.2 Å². The number of halogens is 1. The molecule has 0 aliphatic heterocycles. The van der Waals surface area contributed by atoms with Gasteiger partial charge in [0.25, 0.3) is 15.9 Å². The molecule has 0 bridgehead atoms. The molecule has 0 aliphatic carbocycles. The Morgan fingerprint density at radius 3 is 2.45 bits per heavy atom. The molecule has 1 atom stereocenters. The third kappa shape index (κ3) is 4.75. The number of hydrogen-bond donors (Lipinski definition) is 1. The lowest BCUT2D eigenvalue weighted by molar-refractivity contribution is 0.0939. The first kappa shape index (κ1) is 20.8. The van der Waals surface area contributed by atoms with Gasteiger partial charge in [-0.1, -0.05) is 23.7 Å². The SMILES string of the molecule is C[C@H](NC(=O)c1cccc(S(=O)(=O)N(C)c2cccc(Cl)c2)c1)c1ccncc1. The van der Waals surface area contributed by atoms with Crippen LogP contribution in [0.4, 0.5) is 5.69 Å². The Bertz CT molecular complexity index is 1120. The van der Waals surface area contributed by atoms with Gasteiger partial charge in [0, 0.05) is 30.0 Å². The quantitative estimate of drug-likeness (QED) is 0.641. The fraction of sp³-hybridized carbons (Fsp3) is 0.143. The first-order valence-electron chi connectivity index (χ1n) is 8.84. The highest BCUT2D eigenvalue weighted by molar-refractivity contribution is 7.92. The lowest BCUT2D eigenvalue weighted by Gasteiger charge is -2.20. The fourth-order valence-corrected chi connectivity index (χ4v) is 4.20. The predicted molar refractivity (Wildman–Crippen MR) is 114 cm³/mol. The summed E-state index contributed by atoms with van der Waals surface area (Å²) < 4.78 is 27.1. The predicted octanol–water partition coefficient (Wildman–Crippen LogP) is 4.05. The highest BCUT2D eigenvalue weighted by Crippen LogP contribution is 2.25. The standard InChI is InChI=1S/C21H20ClN3O3S/c1-15(16-9-11-23-12-10-16)24-21(26)17-5-3-8-20(13-17)29(27,28)25(2)19-7-4-6-18(22)14-19/h3-15H,1-2H3,(H,24,26)/t15-/m0/s1. The monoisotopic (exact) mass is 429 g/mol. The first-order chi connectivity index (χ1) is 13.8. The fourth-order valence-electron chi connectivity index (χ4n) is 2.78. The van der Waals surface area contributed by atoms with E-state index in [1.54, 1.807) is 48.8 Å². The molecular formula is C21H20ClN3O3S. The molecule has 0 aliphatic rings. The number of carbonyl (C=O) groups excluding carboxylic acids is 1. The highest BCUT2D eigenvalue weighted by Gasteiger charge is 2.23. The first-order valence-corrected chi connectivity index (χ1v) is 10.7. The molecule has 1 aromatic heterocycles. The van der Waals surface area contributed by atoms with Crippen LogP contribution in [0.15, 0.2) is 78.0 Å². The van der Waals surface area contributed by atoms with E-state index < -0.39 is 10.0 Å². The van der Waals surface area contributed by atoms with Crippen LogP contribution in [0.5, 0.6) is 0 Å². The Kier molecular flexibility index (Phi) is 6.20. The molecule has 3 aromatic rings. The number of benzene rings is 2. The summed E-state index contributed by atoms with van der Waals surface area (Å²) in [6.45, 7) is 1.85. The smallest absolute Gasteiger partial charge is 0.264 e. The molecule has 1 amide bonds. The van der Waals surface area contributed by atoms with Crippen LogP contribution in [0, 0.1) is 0 Å². The van der Waals surface area contributed by atoms with Crippen LogP contribution >= 0.6 is 11.6 Å². The average Bonchev–Trinajstić information content (AvgIpc) is 2.73. The second-order valence-corrected chi connectivity index (χ2v) is 8.86. The van der Waals surface area contributed by atoms with Gasteiger partial charge in [0.05, 0.1) is 16.6 Å². The van der Waals surface area contributed by atoms with Crippen molar-refractivity contribution in [2.45, 2.75) is 17.9 Å². The van der Waals surface area contributed by atoms with E-state index in [4.69, 9.17) is 11.6 Å². The second kappa shape index (κ2) is 8.63. The largest absolute Gasteiger partial charge is 0.346 e. The average molecular weight is 430 g/mol. The summed E-state index contributed by atoms with van der Waals surface area (Å²) in [6, 6.07) is 15.9. The van der Waals surface area contributed by atoms with Crippen molar-refractivity contribution in [2.75, 3.05) is 11.4 Å². The topological polar surface area (TPSA) is 79.4 Å². The third-order valence-corrected chi connectivity index (χ3v) is 6.50. The maximum Gasteiger partial charge on any atom is 0.264 e. The molecule has 1 N–H and O–H groups in total. The number of pyridine rings is 1. The molecule has 1 heterocycles. The molecule has 0 fully saturated rings. The summed E-state index contributed by atoms with van der Waals surface area (Å²) in [5.74, 6) is -0.364. The molecule has 0 unspecified atom stereocenters. The van der Waals surface area contributed by atoms with Crippen LogP contribution < -0.4 is 9.62 Å². The van der Waals surface area contributed by atoms with Gasteiger partial charge in [-0.25, -0.2) is 8.42 Å². The summed E-state index contributed by atoms with van der Waals surface area (Å²) in [5, 5.41) is 3.30. The van der Waals surface area contributed by atoms with Crippen LogP contribution in [0.3, 0.4) is 0 Å². The molecule has 6 nitrogen and oxygen atoms in total. The van der Waals surface area contributed by atoms with Gasteiger partial charge in [-0.2, -0.15) is 0 Å². The Hall–Kier alpha value is -2.90. The Morgan fingerprint density at radius 1 is 1.07 bits per heavy atom. The van der Waals surface area contributed by atoms with E-state index >= 15 is 0 Å². The van der Waals surface area contributed by atoms with Gasteiger partial charge in [0.1, 0.15) is 0 Å². The molecule has 0 spiro atoms. The number of rotatable bonds is 6. The van der Waals surface area contributed by atoms with Gasteiger partial charge in [0.15, 0.2) is 0 Å². The van der Waals surface area contributed by atoms with Crippen molar-refractivity contribution in [2.24, 2.45) is 0 Å². The molecule has 8 heteroatoms. The minimum Gasteiger partial charge on any atom is -0.346 e. The summed E-state index contributed by atoms with van der Waals surface area (Å²) in [4.78, 5) is 16.6. The molecule has 0 radical (unpaired) electrons. The summed E-state index contributed by atoms with van der Waals surface area (Å²) in [6.07, 6.45) is 3.30. The Morgan fingerprint density at radius 2 is 1.76 bits per heavy atom. The number of hydrogen-bond acceptors (Lipinski definition) is 4. The normalized spacial score (nSPS) is 12.2. The Labute approximate surface area is 175 Å². The lowest BCUT2D eigenvalue weighted by Crippen LogP contribution is -2.28. The molecular weight excluding hydrogens is 410 g/mol.